The molecule has 0 aliphatic rings. The summed E-state index contributed by atoms with van der Waals surface area (Å²) in [5.41, 5.74) is -2.43. The summed E-state index contributed by atoms with van der Waals surface area (Å²) in [5, 5.41) is 0. The predicted octanol–water partition coefficient (Wildman–Crippen LogP) is 15.8. The summed E-state index contributed by atoms with van der Waals surface area (Å²) in [4.78, 5) is 35.4. The highest BCUT2D eigenvalue weighted by atomic mass is 19.3. The molecule has 80 heavy (non-hydrogen) atoms. The number of ether oxygens (including phenoxy) is 5. The number of hydrogen-bond acceptors (Lipinski definition) is 8. The van der Waals surface area contributed by atoms with E-state index in [2.05, 4.69) is 19.7 Å². The van der Waals surface area contributed by atoms with E-state index in [1.54, 1.807) is 0 Å². The quantitative estimate of drug-likeness (QED) is 0.0165. The molecule has 6 rings (SSSR count). The van der Waals surface area contributed by atoms with Crippen LogP contribution in [0, 0.1) is 34.9 Å². The van der Waals surface area contributed by atoms with Crippen LogP contribution < -0.4 is 9.47 Å². The molecule has 0 aliphatic heterocycles. The fourth-order valence-corrected chi connectivity index (χ4v) is 8.25. The predicted molar refractivity (Wildman–Crippen MR) is 280 cm³/mol. The molecule has 6 aromatic carbocycles. The highest BCUT2D eigenvalue weighted by Gasteiger charge is 2.42. The zero-order chi connectivity index (χ0) is 58.5. The molecule has 422 valence electrons. The van der Waals surface area contributed by atoms with Crippen molar-refractivity contribution in [2.24, 2.45) is 0 Å². The maximum absolute atomic E-state index is 16.0. The van der Waals surface area contributed by atoms with E-state index in [0.29, 0.717) is 68.4 Å². The number of esters is 3. The van der Waals surface area contributed by atoms with E-state index in [1.807, 2.05) is 0 Å². The van der Waals surface area contributed by atoms with E-state index in [4.69, 9.17) is 23.7 Å². The number of benzene rings is 6. The van der Waals surface area contributed by atoms with Crippen molar-refractivity contribution < 1.29 is 82.0 Å². The molecule has 18 heteroatoms. The summed E-state index contributed by atoms with van der Waals surface area (Å²) in [5.74, 6) is -12.3. The maximum atomic E-state index is 16.0. The Hall–Kier alpha value is -8.15. The van der Waals surface area contributed by atoms with E-state index < -0.39 is 105 Å². The lowest BCUT2D eigenvalue weighted by Crippen LogP contribution is -2.25. The van der Waals surface area contributed by atoms with Crippen LogP contribution in [0.1, 0.15) is 92.2 Å². The van der Waals surface area contributed by atoms with Crippen molar-refractivity contribution in [1.29, 1.82) is 0 Å². The Morgan fingerprint density at radius 1 is 0.450 bits per heavy atom. The van der Waals surface area contributed by atoms with Gasteiger partial charge in [-0.2, -0.15) is 17.6 Å². The van der Waals surface area contributed by atoms with Gasteiger partial charge >= 0.3 is 30.1 Å². The van der Waals surface area contributed by atoms with Crippen LogP contribution in [0.4, 0.5) is 43.9 Å². The number of rotatable bonds is 27. The minimum Gasteiger partial charge on any atom is -0.462 e. The Labute approximate surface area is 456 Å². The molecule has 0 N–H and O–H groups in total. The average Bonchev–Trinajstić information content (AvgIpc) is 3.38. The fraction of sp³-hybridized carbons (Fsp3) is 0.274. The second-order valence-corrected chi connectivity index (χ2v) is 19.1. The number of hydrogen-bond donors (Lipinski definition) is 0. The van der Waals surface area contributed by atoms with Crippen LogP contribution in [-0.4, -0.2) is 37.7 Å². The fourth-order valence-electron chi connectivity index (χ4n) is 8.25. The molecule has 1 atom stereocenters. The third kappa shape index (κ3) is 16.5. The SMILES string of the molecule is C=C(C)C(=O)OCCCCc1ccc(OC(F)(F)c2c(F)cc(-c3ccc(CCC(COC(=O)C(=C)C)c4ccc(-c5cc(F)c(C(F)(F)Oc6ccc(CCCCOC(=O)C(=C)C)cc6)c(F)c5)c(F)c4)cc3F)cc2F)cc1. The number of carbonyl (C=O) groups excluding carboxylic acids is 3. The third-order valence-corrected chi connectivity index (χ3v) is 12.6. The monoisotopic (exact) mass is 1120 g/mol. The summed E-state index contributed by atoms with van der Waals surface area (Å²) in [7, 11) is 0. The first kappa shape index (κ1) is 61.1. The molecule has 0 fully saturated rings. The third-order valence-electron chi connectivity index (χ3n) is 12.6. The van der Waals surface area contributed by atoms with Gasteiger partial charge in [0.05, 0.1) is 19.8 Å². The Bertz CT molecular complexity index is 3200. The smallest absolute Gasteiger partial charge is 0.432 e. The summed E-state index contributed by atoms with van der Waals surface area (Å²) in [6.07, 6.45) is -5.63. The molecule has 1 unspecified atom stereocenters. The molecule has 0 saturated carbocycles. The van der Waals surface area contributed by atoms with E-state index in [1.165, 1.54) is 87.5 Å². The van der Waals surface area contributed by atoms with Gasteiger partial charge in [0.25, 0.3) is 0 Å². The van der Waals surface area contributed by atoms with E-state index in [0.717, 1.165) is 29.3 Å². The van der Waals surface area contributed by atoms with Gasteiger partial charge in [-0.25, -0.2) is 40.7 Å². The number of aryl methyl sites for hydroxylation is 3. The van der Waals surface area contributed by atoms with Gasteiger partial charge in [0.15, 0.2) is 0 Å². The lowest BCUT2D eigenvalue weighted by Gasteiger charge is -2.21. The van der Waals surface area contributed by atoms with E-state index in [-0.39, 0.29) is 66.1 Å². The van der Waals surface area contributed by atoms with Crippen molar-refractivity contribution in [3.05, 3.63) is 214 Å². The number of alkyl halides is 4. The first-order chi connectivity index (χ1) is 37.8. The van der Waals surface area contributed by atoms with Crippen LogP contribution >= 0.6 is 0 Å². The standard InChI is InChI=1S/C62H56F10O8/c1-36(2)58(73)76-27-9-7-11-39-14-21-46(22-15-39)79-61(69,70)56-52(65)31-44(32-53(56)66)48-25-18-41(29-50(48)63)13-19-43(35-78-60(75)38(5)6)42-20-26-49(51(64)30-42)45-33-54(67)57(55(68)34-45)62(71,72)80-47-23-16-40(17-24-47)12-8-10-28-77-59(74)37(3)4/h14-18,20-26,29-34,43H,1,3,5,7-13,19,27-28,35H2,2,4,6H3. The molecule has 0 bridgehead atoms. The van der Waals surface area contributed by atoms with Crippen LogP contribution in [0.15, 0.2) is 146 Å². The minimum absolute atomic E-state index is 0.0315. The molecule has 8 nitrogen and oxygen atoms in total. The van der Waals surface area contributed by atoms with Crippen LogP contribution in [0.5, 0.6) is 11.5 Å². The first-order valence-electron chi connectivity index (χ1n) is 25.2. The summed E-state index contributed by atoms with van der Waals surface area (Å²) < 4.78 is 180. The molecular weight excluding hydrogens is 1060 g/mol. The van der Waals surface area contributed by atoms with Crippen LogP contribution in [0.25, 0.3) is 22.3 Å². The van der Waals surface area contributed by atoms with Crippen LogP contribution in [0.3, 0.4) is 0 Å². The molecule has 0 spiro atoms. The molecule has 0 heterocycles. The summed E-state index contributed by atoms with van der Waals surface area (Å²) in [6.45, 7) is 15.0. The van der Waals surface area contributed by atoms with Gasteiger partial charge in [-0.15, -0.1) is 0 Å². The summed E-state index contributed by atoms with van der Waals surface area (Å²) >= 11 is 0. The van der Waals surface area contributed by atoms with Gasteiger partial charge in [0.1, 0.15) is 57.5 Å². The molecule has 6 aromatic rings. The second-order valence-electron chi connectivity index (χ2n) is 19.1. The van der Waals surface area contributed by atoms with Gasteiger partial charge in [-0.3, -0.25) is 0 Å². The van der Waals surface area contributed by atoms with Crippen LogP contribution in [0.2, 0.25) is 0 Å². The largest absolute Gasteiger partial charge is 0.462 e. The van der Waals surface area contributed by atoms with Crippen molar-refractivity contribution in [3.63, 3.8) is 0 Å². The Morgan fingerprint density at radius 2 is 0.825 bits per heavy atom. The minimum atomic E-state index is -4.51. The van der Waals surface area contributed by atoms with Crippen molar-refractivity contribution in [1.82, 2.24) is 0 Å². The molecule has 0 saturated heterocycles. The first-order valence-corrected chi connectivity index (χ1v) is 25.2. The average molecular weight is 1120 g/mol. The lowest BCUT2D eigenvalue weighted by atomic mass is 9.90. The van der Waals surface area contributed by atoms with E-state index >= 15 is 43.9 Å². The second kappa shape index (κ2) is 27.1. The molecule has 0 aromatic heterocycles. The number of unbranched alkanes of at least 4 members (excludes halogenated alkanes) is 2. The molecular formula is C62H56F10O8. The highest BCUT2D eigenvalue weighted by molar-refractivity contribution is 5.87. The highest BCUT2D eigenvalue weighted by Crippen LogP contribution is 2.40. The van der Waals surface area contributed by atoms with Crippen molar-refractivity contribution in [2.45, 2.75) is 90.3 Å². The van der Waals surface area contributed by atoms with Crippen molar-refractivity contribution in [3.8, 4) is 33.8 Å². The molecule has 0 aliphatic carbocycles. The Morgan fingerprint density at radius 3 is 1.21 bits per heavy atom. The lowest BCUT2D eigenvalue weighted by molar-refractivity contribution is -0.190. The van der Waals surface area contributed by atoms with Gasteiger partial charge in [-0.1, -0.05) is 68.3 Å². The maximum Gasteiger partial charge on any atom is 0.432 e. The van der Waals surface area contributed by atoms with Gasteiger partial charge in [-0.05, 0) is 166 Å². The Kier molecular flexibility index (Phi) is 20.7. The summed E-state index contributed by atoms with van der Waals surface area (Å²) in [6, 6.07) is 20.1. The number of carbonyl (C=O) groups is 3. The zero-order valence-corrected chi connectivity index (χ0v) is 43.9. The van der Waals surface area contributed by atoms with Gasteiger partial charge < -0.3 is 23.7 Å². The van der Waals surface area contributed by atoms with Crippen LogP contribution in [-0.2, 0) is 60.1 Å². The topological polar surface area (TPSA) is 97.4 Å². The van der Waals surface area contributed by atoms with Crippen molar-refractivity contribution >= 4 is 17.9 Å². The molecule has 0 amide bonds. The Balaban J connectivity index is 1.10. The van der Waals surface area contributed by atoms with Gasteiger partial charge in [0.2, 0.25) is 0 Å². The van der Waals surface area contributed by atoms with Gasteiger partial charge in [0, 0.05) is 33.8 Å². The van der Waals surface area contributed by atoms with E-state index in [9.17, 15) is 14.4 Å². The number of halogens is 10. The normalized spacial score (nSPS) is 11.9. The van der Waals surface area contributed by atoms with Crippen molar-refractivity contribution in [2.75, 3.05) is 19.8 Å². The zero-order valence-electron chi connectivity index (χ0n) is 43.9. The molecule has 0 radical (unpaired) electrons.